The smallest absolute Gasteiger partial charge is 0.303 e. The van der Waals surface area contributed by atoms with Crippen molar-refractivity contribution in [1.29, 1.82) is 0 Å². The molecule has 1 atom stereocenters. The Bertz CT molecular complexity index is 1240. The van der Waals surface area contributed by atoms with E-state index in [1.807, 2.05) is 0 Å². The maximum atomic E-state index is 13.4. The molecular weight excluding hydrogens is 554 g/mol. The Morgan fingerprint density at radius 2 is 1.78 bits per heavy atom. The number of carbonyl (C=O) groups is 4. The number of esters is 2. The Hall–Kier alpha value is -2.60. The number of hydrogen-bond donors (Lipinski definition) is 1. The van der Waals surface area contributed by atoms with E-state index >= 15 is 0 Å². The number of rotatable bonds is 12. The first kappa shape index (κ1) is 30.6. The number of sulfonamides is 2. The van der Waals surface area contributed by atoms with Crippen LogP contribution in [0.15, 0.2) is 14.5 Å². The third-order valence-corrected chi connectivity index (χ3v) is 10.5. The fraction of sp³-hybridized carbons (Fsp3) is 0.600. The second kappa shape index (κ2) is 12.8. The zero-order valence-corrected chi connectivity index (χ0v) is 23.2. The van der Waals surface area contributed by atoms with Crippen molar-refractivity contribution in [2.75, 3.05) is 46.6 Å². The summed E-state index contributed by atoms with van der Waals surface area (Å²) in [6, 6.07) is 0.198. The standard InChI is InChI=1S/C20H29N3O11S3/c1-5-23(18(27)12-34-14(3)25)16-10-22(7-6-8-32-4)37(30,31)20-15(16)9-19(35-20)36(28,29)21-17(26)11-33-13(2)24/h9,16H,5-8,10-12H2,1-4H3,(H,21,26)/t16-/m0/s1. The first-order valence-electron chi connectivity index (χ1n) is 11.0. The fourth-order valence-electron chi connectivity index (χ4n) is 3.52. The Morgan fingerprint density at radius 3 is 2.35 bits per heavy atom. The molecule has 208 valence electrons. The number of thiophene rings is 1. The molecule has 0 unspecified atom stereocenters. The van der Waals surface area contributed by atoms with Crippen molar-refractivity contribution in [3.05, 3.63) is 11.6 Å². The summed E-state index contributed by atoms with van der Waals surface area (Å²) in [5.74, 6) is -3.20. The molecule has 0 saturated heterocycles. The summed E-state index contributed by atoms with van der Waals surface area (Å²) in [5, 5.41) is 0. The zero-order valence-electron chi connectivity index (χ0n) is 20.7. The van der Waals surface area contributed by atoms with Gasteiger partial charge in [-0.2, -0.15) is 4.31 Å². The third-order valence-electron chi connectivity index (χ3n) is 5.12. The average molecular weight is 584 g/mol. The molecule has 17 heteroatoms. The third kappa shape index (κ3) is 7.70. The summed E-state index contributed by atoms with van der Waals surface area (Å²) in [6.45, 7) is 2.64. The Balaban J connectivity index is 2.51. The minimum atomic E-state index is -4.54. The number of carbonyl (C=O) groups excluding carboxylic acids is 4. The lowest BCUT2D eigenvalue weighted by Crippen LogP contribution is -2.48. The van der Waals surface area contributed by atoms with E-state index in [0.29, 0.717) is 17.8 Å². The molecule has 0 fully saturated rings. The maximum Gasteiger partial charge on any atom is 0.303 e. The second-order valence-corrected chi connectivity index (χ2v) is 12.9. The van der Waals surface area contributed by atoms with Gasteiger partial charge in [0.1, 0.15) is 8.42 Å². The van der Waals surface area contributed by atoms with Crippen molar-refractivity contribution in [1.82, 2.24) is 13.9 Å². The summed E-state index contributed by atoms with van der Waals surface area (Å²) in [6.07, 6.45) is 0.341. The number of ether oxygens (including phenoxy) is 3. The van der Waals surface area contributed by atoms with Gasteiger partial charge in [-0.25, -0.2) is 21.6 Å². The summed E-state index contributed by atoms with van der Waals surface area (Å²) in [7, 11) is -7.23. The molecule has 37 heavy (non-hydrogen) atoms. The van der Waals surface area contributed by atoms with Gasteiger partial charge in [0.15, 0.2) is 13.2 Å². The largest absolute Gasteiger partial charge is 0.456 e. The molecule has 1 aromatic heterocycles. The van der Waals surface area contributed by atoms with Crippen molar-refractivity contribution in [2.24, 2.45) is 0 Å². The molecule has 2 amide bonds. The summed E-state index contributed by atoms with van der Waals surface area (Å²) >= 11 is 0.426. The van der Waals surface area contributed by atoms with Crippen molar-refractivity contribution < 1.29 is 50.2 Å². The molecule has 0 bridgehead atoms. The average Bonchev–Trinajstić information content (AvgIpc) is 3.27. The first-order chi connectivity index (χ1) is 17.2. The van der Waals surface area contributed by atoms with E-state index in [2.05, 4.69) is 4.74 Å². The molecule has 0 radical (unpaired) electrons. The van der Waals surface area contributed by atoms with Crippen LogP contribution in [0.25, 0.3) is 0 Å². The molecular formula is C20H29N3O11S3. The van der Waals surface area contributed by atoms with E-state index in [1.54, 1.807) is 11.6 Å². The first-order valence-corrected chi connectivity index (χ1v) is 14.7. The highest BCUT2D eigenvalue weighted by Crippen LogP contribution is 2.42. The van der Waals surface area contributed by atoms with E-state index in [1.165, 1.54) is 12.0 Å². The van der Waals surface area contributed by atoms with Crippen LogP contribution in [0.1, 0.15) is 38.8 Å². The minimum Gasteiger partial charge on any atom is -0.456 e. The predicted octanol–water partition coefficient (Wildman–Crippen LogP) is -0.390. The second-order valence-electron chi connectivity index (χ2n) is 7.80. The summed E-state index contributed by atoms with van der Waals surface area (Å²) in [4.78, 5) is 48.2. The Morgan fingerprint density at radius 1 is 1.16 bits per heavy atom. The van der Waals surface area contributed by atoms with Crippen LogP contribution >= 0.6 is 11.3 Å². The quantitative estimate of drug-likeness (QED) is 0.250. The number of nitrogens with zero attached hydrogens (tertiary/aromatic N) is 2. The van der Waals surface area contributed by atoms with Crippen LogP contribution in [0.5, 0.6) is 0 Å². The predicted molar refractivity (Wildman–Crippen MR) is 128 cm³/mol. The van der Waals surface area contributed by atoms with Gasteiger partial charge in [-0.3, -0.25) is 19.2 Å². The van der Waals surface area contributed by atoms with E-state index in [0.717, 1.165) is 24.2 Å². The highest BCUT2D eigenvalue weighted by molar-refractivity contribution is 7.94. The molecule has 0 spiro atoms. The Labute approximate surface area is 218 Å². The molecule has 1 aliphatic rings. The molecule has 1 aliphatic heterocycles. The van der Waals surface area contributed by atoms with E-state index in [9.17, 15) is 36.0 Å². The SMILES string of the molecule is CCN(C(=O)COC(C)=O)[C@H]1CN(CCCOC)S(=O)(=O)c2sc(S(=O)(=O)NC(=O)COC(C)=O)cc21. The molecule has 0 aliphatic carbocycles. The number of methoxy groups -OCH3 is 1. The molecule has 2 heterocycles. The van der Waals surface area contributed by atoms with Gasteiger partial charge in [-0.15, -0.1) is 11.3 Å². The Kier molecular flexibility index (Phi) is 10.6. The zero-order chi connectivity index (χ0) is 28.0. The van der Waals surface area contributed by atoms with Gasteiger partial charge in [0.2, 0.25) is 0 Å². The van der Waals surface area contributed by atoms with Crippen LogP contribution in [-0.4, -0.2) is 96.4 Å². The highest BCUT2D eigenvalue weighted by atomic mass is 32.3. The van der Waals surface area contributed by atoms with Gasteiger partial charge in [0.25, 0.3) is 31.9 Å². The van der Waals surface area contributed by atoms with E-state index in [-0.39, 0.29) is 36.0 Å². The lowest BCUT2D eigenvalue weighted by Gasteiger charge is -2.38. The van der Waals surface area contributed by atoms with Gasteiger partial charge in [-0.1, -0.05) is 0 Å². The van der Waals surface area contributed by atoms with Crippen LogP contribution in [0.4, 0.5) is 0 Å². The molecule has 1 N–H and O–H groups in total. The van der Waals surface area contributed by atoms with Crippen LogP contribution in [0.2, 0.25) is 0 Å². The number of amides is 2. The number of likely N-dealkylation sites (N-methyl/N-ethyl adjacent to an activating group) is 1. The van der Waals surface area contributed by atoms with Gasteiger partial charge < -0.3 is 19.1 Å². The summed E-state index contributed by atoms with van der Waals surface area (Å²) in [5.41, 5.74) is 0.0545. The van der Waals surface area contributed by atoms with E-state index < -0.39 is 67.3 Å². The minimum absolute atomic E-state index is 0.0426. The number of hydrogen-bond acceptors (Lipinski definition) is 12. The van der Waals surface area contributed by atoms with Crippen LogP contribution in [0, 0.1) is 0 Å². The molecule has 2 rings (SSSR count). The normalized spacial score (nSPS) is 16.9. The molecule has 14 nitrogen and oxygen atoms in total. The van der Waals surface area contributed by atoms with Crippen molar-refractivity contribution in [3.8, 4) is 0 Å². The van der Waals surface area contributed by atoms with Gasteiger partial charge in [0.05, 0.1) is 6.04 Å². The molecule has 1 aromatic rings. The van der Waals surface area contributed by atoms with Gasteiger partial charge in [-0.05, 0) is 19.4 Å². The van der Waals surface area contributed by atoms with Crippen LogP contribution in [-0.2, 0) is 53.4 Å². The monoisotopic (exact) mass is 583 g/mol. The van der Waals surface area contributed by atoms with Crippen LogP contribution < -0.4 is 4.72 Å². The van der Waals surface area contributed by atoms with Crippen molar-refractivity contribution >= 4 is 55.1 Å². The van der Waals surface area contributed by atoms with Crippen molar-refractivity contribution in [3.63, 3.8) is 0 Å². The molecule has 0 saturated carbocycles. The van der Waals surface area contributed by atoms with Crippen LogP contribution in [0.3, 0.4) is 0 Å². The van der Waals surface area contributed by atoms with Gasteiger partial charge in [0, 0.05) is 52.8 Å². The highest BCUT2D eigenvalue weighted by Gasteiger charge is 2.43. The molecule has 0 aromatic carbocycles. The number of nitrogens with one attached hydrogen (secondary N) is 1. The lowest BCUT2D eigenvalue weighted by molar-refractivity contribution is -0.151. The van der Waals surface area contributed by atoms with Crippen molar-refractivity contribution in [2.45, 2.75) is 41.7 Å². The topological polar surface area (TPSA) is 183 Å². The maximum absolute atomic E-state index is 13.4. The summed E-state index contributed by atoms with van der Waals surface area (Å²) < 4.78 is 68.8. The lowest BCUT2D eigenvalue weighted by atomic mass is 10.1. The van der Waals surface area contributed by atoms with E-state index in [4.69, 9.17) is 9.47 Å². The fourth-order valence-corrected chi connectivity index (χ4v) is 8.35. The number of fused-ring (bicyclic) bond motifs is 1. The van der Waals surface area contributed by atoms with Gasteiger partial charge >= 0.3 is 11.9 Å².